The number of ether oxygens (including phenoxy) is 1. The zero-order valence-corrected chi connectivity index (χ0v) is 17.2. The molecule has 4 rings (SSSR count). The summed E-state index contributed by atoms with van der Waals surface area (Å²) in [6, 6.07) is 12.6. The molecule has 9 heteroatoms. The molecule has 0 spiro atoms. The number of aryl methyl sites for hydroxylation is 1. The lowest BCUT2D eigenvalue weighted by atomic mass is 10.1. The van der Waals surface area contributed by atoms with Gasteiger partial charge in [-0.3, -0.25) is 19.1 Å². The monoisotopic (exact) mass is 431 g/mol. The fourth-order valence-electron chi connectivity index (χ4n) is 2.87. The summed E-state index contributed by atoms with van der Waals surface area (Å²) in [5.74, 6) is 0.798. The molecule has 1 amide bonds. The van der Waals surface area contributed by atoms with Crippen molar-refractivity contribution in [3.05, 3.63) is 94.7 Å². The number of benzene rings is 1. The number of nitrogens with one attached hydrogen (secondary N) is 1. The number of rotatable bonds is 5. The topological polar surface area (TPSA) is 99.0 Å². The molecule has 3 heterocycles. The molecule has 0 aliphatic heterocycles. The summed E-state index contributed by atoms with van der Waals surface area (Å²) in [5.41, 5.74) is 0.868. The third-order valence-electron chi connectivity index (χ3n) is 4.73. The third kappa shape index (κ3) is 4.51. The summed E-state index contributed by atoms with van der Waals surface area (Å²) in [5, 5.41) is 2.57. The van der Waals surface area contributed by atoms with Crippen LogP contribution in [-0.4, -0.2) is 25.4 Å². The molecule has 0 atom stereocenters. The highest BCUT2D eigenvalue weighted by molar-refractivity contribution is 6.03. The van der Waals surface area contributed by atoms with Crippen LogP contribution in [-0.2, 0) is 7.05 Å². The van der Waals surface area contributed by atoms with Crippen LogP contribution in [0.5, 0.6) is 11.5 Å². The minimum absolute atomic E-state index is 0.0784. The number of anilines is 1. The number of halogens is 1. The number of hydrogen-bond acceptors (Lipinski definition) is 6. The quantitative estimate of drug-likeness (QED) is 0.517. The van der Waals surface area contributed by atoms with E-state index in [9.17, 15) is 14.0 Å². The van der Waals surface area contributed by atoms with Crippen LogP contribution in [0.4, 0.5) is 10.2 Å². The minimum atomic E-state index is -0.600. The van der Waals surface area contributed by atoms with Gasteiger partial charge in [-0.25, -0.2) is 14.4 Å². The summed E-state index contributed by atoms with van der Waals surface area (Å²) >= 11 is 0. The fraction of sp³-hybridized carbons (Fsp3) is 0.0870. The van der Waals surface area contributed by atoms with Gasteiger partial charge in [0.1, 0.15) is 34.5 Å². The van der Waals surface area contributed by atoms with E-state index in [1.54, 1.807) is 56.6 Å². The Kier molecular flexibility index (Phi) is 5.71. The van der Waals surface area contributed by atoms with Crippen LogP contribution in [0.25, 0.3) is 11.3 Å². The van der Waals surface area contributed by atoms with Crippen molar-refractivity contribution in [1.82, 2.24) is 19.5 Å². The van der Waals surface area contributed by atoms with Crippen molar-refractivity contribution in [3.8, 4) is 22.8 Å². The molecule has 4 aromatic rings. The van der Waals surface area contributed by atoms with Crippen LogP contribution >= 0.6 is 0 Å². The van der Waals surface area contributed by atoms with Crippen LogP contribution in [0, 0.1) is 12.7 Å². The van der Waals surface area contributed by atoms with Crippen LogP contribution in [0.3, 0.4) is 0 Å². The van der Waals surface area contributed by atoms with Crippen LogP contribution in [0.15, 0.2) is 71.9 Å². The van der Waals surface area contributed by atoms with Crippen molar-refractivity contribution in [2.45, 2.75) is 6.92 Å². The maximum absolute atomic E-state index is 13.1. The number of carbonyl (C=O) groups excluding carboxylic acids is 1. The second-order valence-corrected chi connectivity index (χ2v) is 6.90. The molecular formula is C23H18FN5O3. The maximum Gasteiger partial charge on any atom is 0.266 e. The highest BCUT2D eigenvalue weighted by Crippen LogP contribution is 2.26. The van der Waals surface area contributed by atoms with E-state index in [2.05, 4.69) is 20.3 Å². The molecule has 8 nitrogen and oxygen atoms in total. The minimum Gasteiger partial charge on any atom is -0.456 e. The molecule has 1 N–H and O–H groups in total. The largest absolute Gasteiger partial charge is 0.456 e. The normalized spacial score (nSPS) is 10.6. The van der Waals surface area contributed by atoms with E-state index in [1.807, 2.05) is 0 Å². The predicted molar refractivity (Wildman–Crippen MR) is 116 cm³/mol. The van der Waals surface area contributed by atoms with E-state index in [0.717, 1.165) is 5.56 Å². The van der Waals surface area contributed by atoms with Gasteiger partial charge in [0.05, 0.1) is 11.9 Å². The van der Waals surface area contributed by atoms with Crippen molar-refractivity contribution in [2.24, 2.45) is 7.05 Å². The van der Waals surface area contributed by atoms with Crippen molar-refractivity contribution in [2.75, 3.05) is 5.32 Å². The van der Waals surface area contributed by atoms with Crippen molar-refractivity contribution >= 4 is 11.7 Å². The van der Waals surface area contributed by atoms with Crippen molar-refractivity contribution in [1.29, 1.82) is 0 Å². The molecule has 0 unspecified atom stereocenters. The molecule has 0 aliphatic rings. The first kappa shape index (κ1) is 20.9. The molecule has 0 saturated carbocycles. The number of carbonyl (C=O) groups is 1. The smallest absolute Gasteiger partial charge is 0.266 e. The second-order valence-electron chi connectivity index (χ2n) is 6.90. The van der Waals surface area contributed by atoms with E-state index in [4.69, 9.17) is 4.74 Å². The molecular weight excluding hydrogens is 413 g/mol. The second kappa shape index (κ2) is 8.76. The Morgan fingerprint density at radius 2 is 1.78 bits per heavy atom. The van der Waals surface area contributed by atoms with E-state index in [0.29, 0.717) is 23.0 Å². The molecule has 0 bridgehead atoms. The lowest BCUT2D eigenvalue weighted by molar-refractivity contribution is 0.102. The van der Waals surface area contributed by atoms with E-state index < -0.39 is 11.5 Å². The summed E-state index contributed by atoms with van der Waals surface area (Å²) in [4.78, 5) is 37.1. The summed E-state index contributed by atoms with van der Waals surface area (Å²) < 4.78 is 20.2. The molecule has 3 aromatic heterocycles. The lowest BCUT2D eigenvalue weighted by Gasteiger charge is -2.09. The Hall–Kier alpha value is -4.40. The summed E-state index contributed by atoms with van der Waals surface area (Å²) in [6.45, 7) is 1.68. The number of aromatic nitrogens is 4. The van der Waals surface area contributed by atoms with Crippen LogP contribution in [0.1, 0.15) is 16.2 Å². The molecule has 0 fully saturated rings. The highest BCUT2D eigenvalue weighted by Gasteiger charge is 2.14. The Bertz CT molecular complexity index is 1340. The molecule has 0 aliphatic carbocycles. The zero-order valence-electron chi connectivity index (χ0n) is 17.2. The van der Waals surface area contributed by atoms with E-state index in [1.165, 1.54) is 29.1 Å². The number of pyridine rings is 2. The Labute approximate surface area is 182 Å². The van der Waals surface area contributed by atoms with Crippen molar-refractivity contribution in [3.63, 3.8) is 0 Å². The first-order chi connectivity index (χ1) is 15.4. The van der Waals surface area contributed by atoms with E-state index >= 15 is 0 Å². The van der Waals surface area contributed by atoms with Gasteiger partial charge >= 0.3 is 0 Å². The standard InChI is InChI=1S/C23H18FN5O3/c1-14-26-13-19(23(31)29(14)2)22(30)28-21-8-7-18(12-27-21)32-17-9-10-25-20(11-17)15-3-5-16(24)6-4-15/h3-13H,1-2H3,(H,27,28,30). The molecule has 0 saturated heterocycles. The van der Waals surface area contributed by atoms with E-state index in [-0.39, 0.29) is 17.2 Å². The van der Waals surface area contributed by atoms with Crippen LogP contribution in [0.2, 0.25) is 0 Å². The molecule has 160 valence electrons. The fourth-order valence-corrected chi connectivity index (χ4v) is 2.87. The first-order valence-electron chi connectivity index (χ1n) is 9.60. The molecule has 1 aromatic carbocycles. The zero-order chi connectivity index (χ0) is 22.7. The van der Waals surface area contributed by atoms with Gasteiger partial charge in [-0.2, -0.15) is 0 Å². The molecule has 32 heavy (non-hydrogen) atoms. The van der Waals surface area contributed by atoms with Gasteiger partial charge < -0.3 is 10.1 Å². The highest BCUT2D eigenvalue weighted by atomic mass is 19.1. The Morgan fingerprint density at radius 3 is 2.50 bits per heavy atom. The lowest BCUT2D eigenvalue weighted by Crippen LogP contribution is -2.29. The Morgan fingerprint density at radius 1 is 1.00 bits per heavy atom. The third-order valence-corrected chi connectivity index (χ3v) is 4.73. The summed E-state index contributed by atoms with van der Waals surface area (Å²) in [7, 11) is 1.55. The Balaban J connectivity index is 1.46. The van der Waals surface area contributed by atoms with Gasteiger partial charge in [0.15, 0.2) is 0 Å². The van der Waals surface area contributed by atoms with Gasteiger partial charge in [0.2, 0.25) is 0 Å². The average molecular weight is 431 g/mol. The summed E-state index contributed by atoms with van der Waals surface area (Å²) in [6.07, 6.45) is 4.28. The van der Waals surface area contributed by atoms with Crippen LogP contribution < -0.4 is 15.6 Å². The van der Waals surface area contributed by atoms with Gasteiger partial charge in [-0.1, -0.05) is 0 Å². The number of nitrogens with zero attached hydrogens (tertiary/aromatic N) is 4. The first-order valence-corrected chi connectivity index (χ1v) is 9.60. The maximum atomic E-state index is 13.1. The molecule has 0 radical (unpaired) electrons. The predicted octanol–water partition coefficient (Wildman–Crippen LogP) is 3.73. The van der Waals surface area contributed by atoms with Gasteiger partial charge in [-0.15, -0.1) is 0 Å². The average Bonchev–Trinajstić information content (AvgIpc) is 2.79. The SMILES string of the molecule is Cc1ncc(C(=O)Nc2ccc(Oc3ccnc(-c4ccc(F)cc4)c3)cn2)c(=O)n1C. The van der Waals surface area contributed by atoms with Gasteiger partial charge in [0.25, 0.3) is 11.5 Å². The van der Waals surface area contributed by atoms with Gasteiger partial charge in [-0.05, 0) is 49.4 Å². The number of hydrogen-bond donors (Lipinski definition) is 1. The van der Waals surface area contributed by atoms with Crippen molar-refractivity contribution < 1.29 is 13.9 Å². The number of amides is 1. The van der Waals surface area contributed by atoms with Gasteiger partial charge in [0, 0.05) is 31.1 Å².